The van der Waals surface area contributed by atoms with Gasteiger partial charge in [-0.2, -0.15) is 0 Å². The second-order valence-electron chi connectivity index (χ2n) is 5.16. The Morgan fingerprint density at radius 3 is 1.88 bits per heavy atom. The van der Waals surface area contributed by atoms with E-state index in [1.54, 1.807) is 20.8 Å². The molecule has 0 bridgehead atoms. The maximum Gasteiger partial charge on any atom is 0.326 e. The van der Waals surface area contributed by atoms with E-state index in [4.69, 9.17) is 5.11 Å². The van der Waals surface area contributed by atoms with Gasteiger partial charge in [0.15, 0.2) is 0 Å². The maximum atomic E-state index is 11.8. The summed E-state index contributed by atoms with van der Waals surface area (Å²) < 4.78 is 0. The van der Waals surface area contributed by atoms with Crippen molar-refractivity contribution in [3.05, 3.63) is 0 Å². The van der Waals surface area contributed by atoms with Crippen LogP contribution in [-0.2, 0) is 9.59 Å². The molecule has 4 heteroatoms. The molecule has 0 radical (unpaired) electrons. The number of carbonyl (C=O) groups is 2. The van der Waals surface area contributed by atoms with E-state index in [2.05, 4.69) is 5.32 Å². The minimum Gasteiger partial charge on any atom is -0.480 e. The smallest absolute Gasteiger partial charge is 0.326 e. The van der Waals surface area contributed by atoms with Crippen molar-refractivity contribution in [2.75, 3.05) is 0 Å². The number of amides is 1. The van der Waals surface area contributed by atoms with Crippen molar-refractivity contribution in [3.8, 4) is 0 Å². The van der Waals surface area contributed by atoms with Crippen LogP contribution in [0.15, 0.2) is 0 Å². The normalized spacial score (nSPS) is 13.6. The van der Waals surface area contributed by atoms with Crippen LogP contribution in [-0.4, -0.2) is 23.0 Å². The van der Waals surface area contributed by atoms with Crippen molar-refractivity contribution in [1.82, 2.24) is 5.32 Å². The molecule has 0 aliphatic carbocycles. The fourth-order valence-corrected chi connectivity index (χ4v) is 1.57. The number of rotatable bonds is 5. The van der Waals surface area contributed by atoms with Gasteiger partial charge in [-0.1, -0.05) is 34.6 Å². The molecule has 0 fully saturated rings. The van der Waals surface area contributed by atoms with Crippen LogP contribution in [0.25, 0.3) is 0 Å². The molecule has 1 amide bonds. The lowest BCUT2D eigenvalue weighted by Gasteiger charge is -2.29. The second kappa shape index (κ2) is 5.87. The van der Waals surface area contributed by atoms with Crippen LogP contribution in [0.1, 0.15) is 47.5 Å². The molecule has 0 saturated carbocycles. The van der Waals surface area contributed by atoms with Crippen LogP contribution in [0.2, 0.25) is 0 Å². The summed E-state index contributed by atoms with van der Waals surface area (Å²) in [4.78, 5) is 22.9. The highest BCUT2D eigenvalue weighted by molar-refractivity contribution is 5.85. The van der Waals surface area contributed by atoms with Gasteiger partial charge in [0.25, 0.3) is 0 Å². The van der Waals surface area contributed by atoms with Gasteiger partial charge in [-0.3, -0.25) is 4.79 Å². The van der Waals surface area contributed by atoms with Gasteiger partial charge in [-0.15, -0.1) is 0 Å². The van der Waals surface area contributed by atoms with Crippen molar-refractivity contribution in [2.45, 2.75) is 53.5 Å². The van der Waals surface area contributed by atoms with Gasteiger partial charge in [0.1, 0.15) is 6.04 Å². The van der Waals surface area contributed by atoms with Crippen LogP contribution in [0.3, 0.4) is 0 Å². The highest BCUT2D eigenvalue weighted by Crippen LogP contribution is 2.20. The standard InChI is InChI=1S/C12H23NO3/c1-6-8(7-2)10(14)13-9(11(15)16)12(3,4)5/h8-9H,6-7H2,1-5H3,(H,13,14)(H,15,16)/t9-/m1/s1. The topological polar surface area (TPSA) is 66.4 Å². The number of carboxylic acid groups (broad SMARTS) is 1. The molecule has 0 aromatic heterocycles. The van der Waals surface area contributed by atoms with E-state index < -0.39 is 17.4 Å². The summed E-state index contributed by atoms with van der Waals surface area (Å²) in [5.74, 6) is -1.23. The van der Waals surface area contributed by atoms with Crippen molar-refractivity contribution in [1.29, 1.82) is 0 Å². The molecule has 0 saturated heterocycles. The van der Waals surface area contributed by atoms with E-state index >= 15 is 0 Å². The van der Waals surface area contributed by atoms with Crippen LogP contribution in [0, 0.1) is 11.3 Å². The molecule has 0 spiro atoms. The third-order valence-corrected chi connectivity index (χ3v) is 2.76. The third-order valence-electron chi connectivity index (χ3n) is 2.76. The fourth-order valence-electron chi connectivity index (χ4n) is 1.57. The maximum absolute atomic E-state index is 11.8. The zero-order valence-electron chi connectivity index (χ0n) is 10.8. The molecule has 16 heavy (non-hydrogen) atoms. The summed E-state index contributed by atoms with van der Waals surface area (Å²) in [6.45, 7) is 9.28. The Kier molecular flexibility index (Phi) is 5.48. The first kappa shape index (κ1) is 14.9. The number of nitrogens with one attached hydrogen (secondary N) is 1. The Morgan fingerprint density at radius 2 is 1.62 bits per heavy atom. The van der Waals surface area contributed by atoms with Gasteiger partial charge in [0.2, 0.25) is 5.91 Å². The highest BCUT2D eigenvalue weighted by atomic mass is 16.4. The summed E-state index contributed by atoms with van der Waals surface area (Å²) in [7, 11) is 0. The monoisotopic (exact) mass is 229 g/mol. The molecule has 94 valence electrons. The summed E-state index contributed by atoms with van der Waals surface area (Å²) in [6, 6.07) is -0.833. The Hall–Kier alpha value is -1.06. The third kappa shape index (κ3) is 4.21. The minimum atomic E-state index is -0.980. The molecular formula is C12H23NO3. The van der Waals surface area contributed by atoms with Gasteiger partial charge in [0.05, 0.1) is 0 Å². The quantitative estimate of drug-likeness (QED) is 0.758. The predicted molar refractivity (Wildman–Crippen MR) is 63.1 cm³/mol. The number of hydrogen-bond donors (Lipinski definition) is 2. The summed E-state index contributed by atoms with van der Waals surface area (Å²) in [5.41, 5.74) is -0.479. The number of aliphatic carboxylic acids is 1. The average molecular weight is 229 g/mol. The van der Waals surface area contributed by atoms with E-state index in [-0.39, 0.29) is 11.8 Å². The second-order valence-corrected chi connectivity index (χ2v) is 5.16. The van der Waals surface area contributed by atoms with Crippen LogP contribution in [0.4, 0.5) is 0 Å². The van der Waals surface area contributed by atoms with Crippen molar-refractivity contribution in [3.63, 3.8) is 0 Å². The molecule has 2 N–H and O–H groups in total. The molecule has 4 nitrogen and oxygen atoms in total. The SMILES string of the molecule is CCC(CC)C(=O)N[C@H](C(=O)O)C(C)(C)C. The summed E-state index contributed by atoms with van der Waals surface area (Å²) in [6.07, 6.45) is 1.47. The lowest BCUT2D eigenvalue weighted by Crippen LogP contribution is -2.50. The predicted octanol–water partition coefficient (Wildman–Crippen LogP) is 2.04. The fraction of sp³-hybridized carbons (Fsp3) is 0.833. The highest BCUT2D eigenvalue weighted by Gasteiger charge is 2.33. The van der Waals surface area contributed by atoms with Gasteiger partial charge in [-0.25, -0.2) is 4.79 Å². The molecule has 0 aliphatic rings. The van der Waals surface area contributed by atoms with Gasteiger partial charge in [0, 0.05) is 5.92 Å². The molecule has 0 aromatic carbocycles. The zero-order valence-corrected chi connectivity index (χ0v) is 10.8. The lowest BCUT2D eigenvalue weighted by molar-refractivity contribution is -0.145. The van der Waals surface area contributed by atoms with E-state index in [1.165, 1.54) is 0 Å². The first-order valence-electron chi connectivity index (χ1n) is 5.77. The van der Waals surface area contributed by atoms with E-state index in [0.717, 1.165) is 12.8 Å². The average Bonchev–Trinajstić information content (AvgIpc) is 2.13. The molecule has 0 aromatic rings. The minimum absolute atomic E-state index is 0.0933. The van der Waals surface area contributed by atoms with Crippen LogP contribution >= 0.6 is 0 Å². The number of carboxylic acids is 1. The molecule has 0 unspecified atom stereocenters. The number of hydrogen-bond acceptors (Lipinski definition) is 2. The first-order chi connectivity index (χ1) is 7.23. The Labute approximate surface area is 97.4 Å². The zero-order chi connectivity index (χ0) is 12.9. The lowest BCUT2D eigenvalue weighted by atomic mass is 9.86. The molecular weight excluding hydrogens is 206 g/mol. The van der Waals surface area contributed by atoms with E-state index in [0.29, 0.717) is 0 Å². The Balaban J connectivity index is 4.65. The van der Waals surface area contributed by atoms with Crippen molar-refractivity contribution in [2.24, 2.45) is 11.3 Å². The molecule has 0 heterocycles. The Morgan fingerprint density at radius 1 is 1.19 bits per heavy atom. The van der Waals surface area contributed by atoms with Gasteiger partial charge >= 0.3 is 5.97 Å². The van der Waals surface area contributed by atoms with Crippen LogP contribution in [0.5, 0.6) is 0 Å². The molecule has 0 aliphatic heterocycles. The van der Waals surface area contributed by atoms with Crippen LogP contribution < -0.4 is 5.32 Å². The largest absolute Gasteiger partial charge is 0.480 e. The summed E-state index contributed by atoms with van der Waals surface area (Å²) >= 11 is 0. The molecule has 0 rings (SSSR count). The van der Waals surface area contributed by atoms with Crippen molar-refractivity contribution >= 4 is 11.9 Å². The first-order valence-corrected chi connectivity index (χ1v) is 5.77. The molecule has 1 atom stereocenters. The van der Waals surface area contributed by atoms with E-state index in [9.17, 15) is 9.59 Å². The Bertz CT molecular complexity index is 251. The number of carbonyl (C=O) groups excluding carboxylic acids is 1. The van der Waals surface area contributed by atoms with Gasteiger partial charge < -0.3 is 10.4 Å². The van der Waals surface area contributed by atoms with Crippen molar-refractivity contribution < 1.29 is 14.7 Å². The van der Waals surface area contributed by atoms with Gasteiger partial charge in [-0.05, 0) is 18.3 Å². The van der Waals surface area contributed by atoms with E-state index in [1.807, 2.05) is 13.8 Å². The summed E-state index contributed by atoms with van der Waals surface area (Å²) in [5, 5.41) is 11.7.